The molecule has 1 fully saturated rings. The van der Waals surface area contributed by atoms with Gasteiger partial charge >= 0.3 is 0 Å². The quantitative estimate of drug-likeness (QED) is 0.786. The van der Waals surface area contributed by atoms with Gasteiger partial charge in [-0.05, 0) is 43.7 Å². The Kier molecular flexibility index (Phi) is 7.06. The average Bonchev–Trinajstić information content (AvgIpc) is 2.61. The van der Waals surface area contributed by atoms with Gasteiger partial charge in [0.2, 0.25) is 5.91 Å². The zero-order chi connectivity index (χ0) is 16.7. The predicted molar refractivity (Wildman–Crippen MR) is 91.5 cm³/mol. The maximum atomic E-state index is 12.7. The SMILES string of the molecule is CCc1ccc(C(C)C(=O)N2CCC(OCCCO)CC2)cc1. The third-order valence-electron chi connectivity index (χ3n) is 4.67. The van der Waals surface area contributed by atoms with Crippen LogP contribution in [-0.2, 0) is 16.0 Å². The molecule has 1 aromatic rings. The van der Waals surface area contributed by atoms with E-state index in [0.29, 0.717) is 13.0 Å². The van der Waals surface area contributed by atoms with Crippen LogP contribution in [0.2, 0.25) is 0 Å². The van der Waals surface area contributed by atoms with Crippen molar-refractivity contribution in [1.82, 2.24) is 4.90 Å². The van der Waals surface area contributed by atoms with Crippen LogP contribution in [0.1, 0.15) is 50.2 Å². The van der Waals surface area contributed by atoms with Crippen molar-refractivity contribution < 1.29 is 14.6 Å². The van der Waals surface area contributed by atoms with Crippen LogP contribution >= 0.6 is 0 Å². The highest BCUT2D eigenvalue weighted by Gasteiger charge is 2.26. The molecule has 0 aliphatic carbocycles. The van der Waals surface area contributed by atoms with Crippen LogP contribution in [0, 0.1) is 0 Å². The number of ether oxygens (including phenoxy) is 1. The molecule has 0 spiro atoms. The second-order valence-corrected chi connectivity index (χ2v) is 6.29. The number of hydrogen-bond donors (Lipinski definition) is 1. The molecular formula is C19H29NO3. The molecule has 0 aromatic heterocycles. The third kappa shape index (κ3) is 5.05. The Hall–Kier alpha value is -1.39. The summed E-state index contributed by atoms with van der Waals surface area (Å²) in [6, 6.07) is 8.37. The van der Waals surface area contributed by atoms with Crippen molar-refractivity contribution in [3.8, 4) is 0 Å². The van der Waals surface area contributed by atoms with Gasteiger partial charge in [-0.25, -0.2) is 0 Å². The van der Waals surface area contributed by atoms with E-state index in [1.54, 1.807) is 0 Å². The van der Waals surface area contributed by atoms with Crippen molar-refractivity contribution >= 4 is 5.91 Å². The van der Waals surface area contributed by atoms with Crippen molar-refractivity contribution in [3.05, 3.63) is 35.4 Å². The molecule has 1 unspecified atom stereocenters. The second kappa shape index (κ2) is 9.04. The van der Waals surface area contributed by atoms with Gasteiger partial charge in [0.25, 0.3) is 0 Å². The molecular weight excluding hydrogens is 290 g/mol. The Morgan fingerprint density at radius 1 is 1.30 bits per heavy atom. The number of likely N-dealkylation sites (tertiary alicyclic amines) is 1. The highest BCUT2D eigenvalue weighted by atomic mass is 16.5. The topological polar surface area (TPSA) is 49.8 Å². The fourth-order valence-corrected chi connectivity index (χ4v) is 3.02. The summed E-state index contributed by atoms with van der Waals surface area (Å²) in [6.45, 7) is 6.43. The minimum Gasteiger partial charge on any atom is -0.396 e. The molecule has 128 valence electrons. The lowest BCUT2D eigenvalue weighted by Gasteiger charge is -2.33. The van der Waals surface area contributed by atoms with Crippen LogP contribution in [0.25, 0.3) is 0 Å². The summed E-state index contributed by atoms with van der Waals surface area (Å²) in [5.41, 5.74) is 2.39. The van der Waals surface area contributed by atoms with Crippen LogP contribution in [0.4, 0.5) is 0 Å². The molecule has 0 bridgehead atoms. The van der Waals surface area contributed by atoms with Crippen molar-refractivity contribution in [2.45, 2.75) is 51.6 Å². The number of aryl methyl sites for hydroxylation is 1. The molecule has 0 radical (unpaired) electrons. The van der Waals surface area contributed by atoms with E-state index in [2.05, 4.69) is 31.2 Å². The molecule has 4 nitrogen and oxygen atoms in total. The number of aliphatic hydroxyl groups is 1. The number of nitrogens with zero attached hydrogens (tertiary/aromatic N) is 1. The first-order valence-corrected chi connectivity index (χ1v) is 8.75. The van der Waals surface area contributed by atoms with Gasteiger partial charge < -0.3 is 14.7 Å². The van der Waals surface area contributed by atoms with Gasteiger partial charge in [0.1, 0.15) is 0 Å². The molecule has 1 N–H and O–H groups in total. The van der Waals surface area contributed by atoms with E-state index in [4.69, 9.17) is 9.84 Å². The van der Waals surface area contributed by atoms with Crippen molar-refractivity contribution in [2.75, 3.05) is 26.3 Å². The van der Waals surface area contributed by atoms with Gasteiger partial charge in [0, 0.05) is 26.3 Å². The summed E-state index contributed by atoms with van der Waals surface area (Å²) in [4.78, 5) is 14.6. The molecule has 1 aliphatic heterocycles. The zero-order valence-corrected chi connectivity index (χ0v) is 14.3. The largest absolute Gasteiger partial charge is 0.396 e. The maximum absolute atomic E-state index is 12.7. The number of rotatable bonds is 7. The lowest BCUT2D eigenvalue weighted by molar-refractivity contribution is -0.135. The molecule has 1 atom stereocenters. The number of piperidine rings is 1. The fourth-order valence-electron chi connectivity index (χ4n) is 3.02. The van der Waals surface area contributed by atoms with E-state index in [0.717, 1.165) is 37.9 Å². The Labute approximate surface area is 139 Å². The number of aliphatic hydroxyl groups excluding tert-OH is 1. The molecule has 1 amide bonds. The Morgan fingerprint density at radius 3 is 2.52 bits per heavy atom. The van der Waals surface area contributed by atoms with Gasteiger partial charge in [0.15, 0.2) is 0 Å². The maximum Gasteiger partial charge on any atom is 0.229 e. The summed E-state index contributed by atoms with van der Waals surface area (Å²) >= 11 is 0. The van der Waals surface area contributed by atoms with E-state index in [1.165, 1.54) is 5.56 Å². The molecule has 1 aromatic carbocycles. The van der Waals surface area contributed by atoms with Gasteiger partial charge in [-0.2, -0.15) is 0 Å². The molecule has 1 saturated heterocycles. The van der Waals surface area contributed by atoms with Crippen molar-refractivity contribution in [2.24, 2.45) is 0 Å². The van der Waals surface area contributed by atoms with E-state index >= 15 is 0 Å². The van der Waals surface area contributed by atoms with Crippen LogP contribution in [-0.4, -0.2) is 48.3 Å². The van der Waals surface area contributed by atoms with Crippen molar-refractivity contribution in [3.63, 3.8) is 0 Å². The first kappa shape index (κ1) is 18.0. The number of hydrogen-bond acceptors (Lipinski definition) is 3. The van der Waals surface area contributed by atoms with E-state index in [9.17, 15) is 4.79 Å². The monoisotopic (exact) mass is 319 g/mol. The number of carbonyl (C=O) groups is 1. The summed E-state index contributed by atoms with van der Waals surface area (Å²) in [5, 5.41) is 8.78. The van der Waals surface area contributed by atoms with Gasteiger partial charge in [-0.1, -0.05) is 31.2 Å². The first-order valence-electron chi connectivity index (χ1n) is 8.75. The lowest BCUT2D eigenvalue weighted by atomic mass is 9.96. The van der Waals surface area contributed by atoms with Gasteiger partial charge in [0.05, 0.1) is 12.0 Å². The van der Waals surface area contributed by atoms with E-state index < -0.39 is 0 Å². The molecule has 0 saturated carbocycles. The Bertz CT molecular complexity index is 478. The van der Waals surface area contributed by atoms with Crippen molar-refractivity contribution in [1.29, 1.82) is 0 Å². The fraction of sp³-hybridized carbons (Fsp3) is 0.632. The summed E-state index contributed by atoms with van der Waals surface area (Å²) in [7, 11) is 0. The lowest BCUT2D eigenvalue weighted by Crippen LogP contribution is -2.42. The molecule has 2 rings (SSSR count). The average molecular weight is 319 g/mol. The van der Waals surface area contributed by atoms with E-state index in [-0.39, 0.29) is 24.5 Å². The molecule has 1 heterocycles. The van der Waals surface area contributed by atoms with Gasteiger partial charge in [-0.15, -0.1) is 0 Å². The number of amides is 1. The van der Waals surface area contributed by atoms with Crippen LogP contribution < -0.4 is 0 Å². The van der Waals surface area contributed by atoms with Crippen LogP contribution in [0.15, 0.2) is 24.3 Å². The smallest absolute Gasteiger partial charge is 0.229 e. The Morgan fingerprint density at radius 2 is 1.96 bits per heavy atom. The Balaban J connectivity index is 1.83. The number of benzene rings is 1. The van der Waals surface area contributed by atoms with Gasteiger partial charge in [-0.3, -0.25) is 4.79 Å². The van der Waals surface area contributed by atoms with Crippen LogP contribution in [0.3, 0.4) is 0 Å². The predicted octanol–water partition coefficient (Wildman–Crippen LogP) is 2.74. The third-order valence-corrected chi connectivity index (χ3v) is 4.67. The van der Waals surface area contributed by atoms with E-state index in [1.807, 2.05) is 11.8 Å². The minimum atomic E-state index is -0.0900. The highest BCUT2D eigenvalue weighted by molar-refractivity contribution is 5.83. The normalized spacial score (nSPS) is 17.3. The zero-order valence-electron chi connectivity index (χ0n) is 14.3. The number of carbonyl (C=O) groups excluding carboxylic acids is 1. The molecule has 23 heavy (non-hydrogen) atoms. The van der Waals surface area contributed by atoms with Crippen LogP contribution in [0.5, 0.6) is 0 Å². The molecule has 4 heteroatoms. The summed E-state index contributed by atoms with van der Waals surface area (Å²) in [6.07, 6.45) is 3.71. The standard InChI is InChI=1S/C19H29NO3/c1-3-16-5-7-17(8-6-16)15(2)19(22)20-11-9-18(10-12-20)23-14-4-13-21/h5-8,15,18,21H,3-4,9-14H2,1-2H3. The summed E-state index contributed by atoms with van der Waals surface area (Å²) in [5.74, 6) is 0.121. The second-order valence-electron chi connectivity index (χ2n) is 6.29. The minimum absolute atomic E-state index is 0.0900. The summed E-state index contributed by atoms with van der Waals surface area (Å²) < 4.78 is 5.72. The molecule has 1 aliphatic rings. The highest BCUT2D eigenvalue weighted by Crippen LogP contribution is 2.22. The first-order chi connectivity index (χ1) is 11.2.